The zero-order valence-electron chi connectivity index (χ0n) is 16.6. The van der Waals surface area contributed by atoms with Gasteiger partial charge in [-0.3, -0.25) is 0 Å². The van der Waals surface area contributed by atoms with Crippen molar-refractivity contribution in [3.8, 4) is 0 Å². The van der Waals surface area contributed by atoms with Crippen LogP contribution in [0.1, 0.15) is 73.6 Å². The summed E-state index contributed by atoms with van der Waals surface area (Å²) in [5, 5.41) is 8.94. The number of carboxylic acid groups (broad SMARTS) is 1. The van der Waals surface area contributed by atoms with E-state index in [1.807, 2.05) is 6.92 Å². The number of aliphatic carboxylic acids is 1. The van der Waals surface area contributed by atoms with Crippen molar-refractivity contribution in [1.29, 1.82) is 0 Å². The molecule has 0 atom stereocenters. The van der Waals surface area contributed by atoms with Crippen LogP contribution in [0.25, 0.3) is 0 Å². The van der Waals surface area contributed by atoms with Gasteiger partial charge in [0.05, 0.1) is 0 Å². The van der Waals surface area contributed by atoms with Gasteiger partial charge in [-0.15, -0.1) is 0 Å². The predicted octanol–water partition coefficient (Wildman–Crippen LogP) is 6.22. The number of rotatable bonds is 2. The summed E-state index contributed by atoms with van der Waals surface area (Å²) in [5.41, 5.74) is 7.86. The van der Waals surface area contributed by atoms with Crippen molar-refractivity contribution in [2.24, 2.45) is 16.2 Å². The van der Waals surface area contributed by atoms with E-state index in [4.69, 9.17) is 5.11 Å². The Labute approximate surface area is 152 Å². The summed E-state index contributed by atoms with van der Waals surface area (Å²) in [5.74, 6) is -0.871. The van der Waals surface area contributed by atoms with Crippen LogP contribution in [0.2, 0.25) is 0 Å². The predicted molar refractivity (Wildman–Crippen MR) is 103 cm³/mol. The molecule has 1 spiro atoms. The van der Waals surface area contributed by atoms with Crippen molar-refractivity contribution < 1.29 is 9.90 Å². The summed E-state index contributed by atoms with van der Waals surface area (Å²) in [4.78, 5) is 10.9. The minimum Gasteiger partial charge on any atom is -0.478 e. The highest BCUT2D eigenvalue weighted by atomic mass is 16.4. The third-order valence-electron chi connectivity index (χ3n) is 6.95. The first-order valence-corrected chi connectivity index (χ1v) is 9.49. The first-order chi connectivity index (χ1) is 11.5. The van der Waals surface area contributed by atoms with E-state index in [0.29, 0.717) is 10.8 Å². The Morgan fingerprint density at radius 1 is 1.04 bits per heavy atom. The van der Waals surface area contributed by atoms with Gasteiger partial charge in [-0.05, 0) is 67.9 Å². The molecule has 0 saturated heterocycles. The summed E-state index contributed by atoms with van der Waals surface area (Å²) in [6.07, 6.45) is 11.6. The van der Waals surface area contributed by atoms with E-state index in [-0.39, 0.29) is 5.41 Å². The molecule has 136 valence electrons. The molecular weight excluding hydrogens is 308 g/mol. The molecule has 0 amide bonds. The summed E-state index contributed by atoms with van der Waals surface area (Å²) in [6.45, 7) is 13.8. The van der Waals surface area contributed by atoms with Gasteiger partial charge in [0.1, 0.15) is 0 Å². The number of carbonyl (C=O) groups is 1. The number of hydrogen-bond acceptors (Lipinski definition) is 1. The molecule has 25 heavy (non-hydrogen) atoms. The zero-order valence-corrected chi connectivity index (χ0v) is 16.6. The van der Waals surface area contributed by atoms with Gasteiger partial charge < -0.3 is 5.11 Å². The Kier molecular flexibility index (Phi) is 4.17. The highest BCUT2D eigenvalue weighted by Crippen LogP contribution is 2.64. The van der Waals surface area contributed by atoms with Gasteiger partial charge in [-0.2, -0.15) is 0 Å². The normalized spacial score (nSPS) is 28.5. The smallest absolute Gasteiger partial charge is 0.328 e. The van der Waals surface area contributed by atoms with E-state index < -0.39 is 5.97 Å². The van der Waals surface area contributed by atoms with Crippen LogP contribution in [-0.2, 0) is 4.79 Å². The molecule has 0 aliphatic heterocycles. The highest BCUT2D eigenvalue weighted by Gasteiger charge is 2.51. The second-order valence-electron chi connectivity index (χ2n) is 9.81. The molecule has 0 bridgehead atoms. The average Bonchev–Trinajstić information content (AvgIpc) is 2.98. The van der Waals surface area contributed by atoms with Gasteiger partial charge in [-0.25, -0.2) is 4.79 Å². The molecule has 2 nitrogen and oxygen atoms in total. The van der Waals surface area contributed by atoms with E-state index in [9.17, 15) is 4.79 Å². The minimum atomic E-state index is -0.871. The van der Waals surface area contributed by atoms with Gasteiger partial charge in [0.25, 0.3) is 0 Å². The maximum atomic E-state index is 10.9. The van der Waals surface area contributed by atoms with Crippen LogP contribution in [0.15, 0.2) is 46.1 Å². The van der Waals surface area contributed by atoms with Crippen molar-refractivity contribution in [2.45, 2.75) is 73.6 Å². The fraction of sp³-hybridized carbons (Fsp3) is 0.609. The Bertz CT molecular complexity index is 710. The van der Waals surface area contributed by atoms with Crippen LogP contribution < -0.4 is 0 Å². The molecule has 0 heterocycles. The Morgan fingerprint density at radius 3 is 2.04 bits per heavy atom. The molecule has 0 radical (unpaired) electrons. The van der Waals surface area contributed by atoms with Crippen molar-refractivity contribution in [3.05, 3.63) is 46.1 Å². The Balaban J connectivity index is 1.91. The standard InChI is InChI=1S/C23H32O2/c1-15(10-20(24)25)9-17-11-16(2)23(12-17)13-18-19(14-23)22(5,6)8-7-21(18,3)4/h9-11H,7-8,12-14H2,1-6H3,(H,24,25)/b15-10+,17-9-. The second-order valence-corrected chi connectivity index (χ2v) is 9.81. The van der Waals surface area contributed by atoms with Crippen LogP contribution in [0.3, 0.4) is 0 Å². The first-order valence-electron chi connectivity index (χ1n) is 9.49. The summed E-state index contributed by atoms with van der Waals surface area (Å²) < 4.78 is 0. The molecule has 3 aliphatic rings. The van der Waals surface area contributed by atoms with E-state index in [0.717, 1.165) is 12.0 Å². The molecule has 0 unspecified atom stereocenters. The molecular formula is C23H32O2. The van der Waals surface area contributed by atoms with Crippen molar-refractivity contribution in [3.63, 3.8) is 0 Å². The SMILES string of the molecule is CC1=C/C(=C/C(C)=C/C(=O)O)CC12CC1=C(C2)C(C)(C)CCC1(C)C. The van der Waals surface area contributed by atoms with Crippen LogP contribution in [0, 0.1) is 16.2 Å². The highest BCUT2D eigenvalue weighted by molar-refractivity contribution is 5.81. The molecule has 0 aromatic carbocycles. The fourth-order valence-electron chi connectivity index (χ4n) is 5.21. The van der Waals surface area contributed by atoms with Gasteiger partial charge in [-0.1, -0.05) is 56.6 Å². The van der Waals surface area contributed by atoms with Crippen molar-refractivity contribution >= 4 is 5.97 Å². The molecule has 0 aromatic heterocycles. The Hall–Kier alpha value is -1.57. The lowest BCUT2D eigenvalue weighted by atomic mass is 9.64. The minimum absolute atomic E-state index is 0.235. The van der Waals surface area contributed by atoms with Crippen LogP contribution >= 0.6 is 0 Å². The number of carboxylic acids is 1. The molecule has 1 N–H and O–H groups in total. The second kappa shape index (κ2) is 5.72. The third-order valence-corrected chi connectivity index (χ3v) is 6.95. The maximum absolute atomic E-state index is 10.9. The van der Waals surface area contributed by atoms with Gasteiger partial charge in [0, 0.05) is 11.5 Å². The third kappa shape index (κ3) is 3.16. The van der Waals surface area contributed by atoms with Gasteiger partial charge in [0.2, 0.25) is 0 Å². The van der Waals surface area contributed by atoms with Crippen molar-refractivity contribution in [2.75, 3.05) is 0 Å². The summed E-state index contributed by atoms with van der Waals surface area (Å²) in [7, 11) is 0. The molecule has 0 aromatic rings. The number of allylic oxidation sites excluding steroid dienone is 7. The quantitative estimate of drug-likeness (QED) is 0.479. The van der Waals surface area contributed by atoms with Crippen LogP contribution in [0.4, 0.5) is 0 Å². The molecule has 2 heteroatoms. The number of hydrogen-bond donors (Lipinski definition) is 1. The monoisotopic (exact) mass is 340 g/mol. The first kappa shape index (κ1) is 18.2. The van der Waals surface area contributed by atoms with Gasteiger partial charge in [0.15, 0.2) is 0 Å². The van der Waals surface area contributed by atoms with Crippen molar-refractivity contribution in [1.82, 2.24) is 0 Å². The average molecular weight is 341 g/mol. The molecule has 3 aliphatic carbocycles. The molecule has 0 fully saturated rings. The molecule has 0 saturated carbocycles. The van der Waals surface area contributed by atoms with E-state index in [2.05, 4.69) is 46.8 Å². The fourth-order valence-corrected chi connectivity index (χ4v) is 5.21. The van der Waals surface area contributed by atoms with E-state index >= 15 is 0 Å². The van der Waals surface area contributed by atoms with E-state index in [1.54, 1.807) is 11.1 Å². The van der Waals surface area contributed by atoms with Crippen LogP contribution in [0.5, 0.6) is 0 Å². The van der Waals surface area contributed by atoms with Crippen LogP contribution in [-0.4, -0.2) is 11.1 Å². The maximum Gasteiger partial charge on any atom is 0.328 e. The Morgan fingerprint density at radius 2 is 1.56 bits per heavy atom. The largest absolute Gasteiger partial charge is 0.478 e. The zero-order chi connectivity index (χ0) is 18.6. The lowest BCUT2D eigenvalue weighted by Gasteiger charge is -2.41. The summed E-state index contributed by atoms with van der Waals surface area (Å²) in [6, 6.07) is 0. The lowest BCUT2D eigenvalue weighted by Crippen LogP contribution is -2.28. The summed E-state index contributed by atoms with van der Waals surface area (Å²) >= 11 is 0. The molecule has 3 rings (SSSR count). The lowest BCUT2D eigenvalue weighted by molar-refractivity contribution is -0.131. The van der Waals surface area contributed by atoms with E-state index in [1.165, 1.54) is 42.9 Å². The van der Waals surface area contributed by atoms with Gasteiger partial charge >= 0.3 is 5.97 Å². The topological polar surface area (TPSA) is 37.3 Å².